The monoisotopic (exact) mass is 414 g/mol. The second-order valence-electron chi connectivity index (χ2n) is 7.04. The van der Waals surface area contributed by atoms with E-state index < -0.39 is 46.9 Å². The molecule has 3 aromatic carbocycles. The summed E-state index contributed by atoms with van der Waals surface area (Å²) in [6.45, 7) is 0. The highest BCUT2D eigenvalue weighted by Gasteiger charge is 2.42. The maximum atomic E-state index is 11.1. The lowest BCUT2D eigenvalue weighted by Crippen LogP contribution is -2.35. The lowest BCUT2D eigenvalue weighted by atomic mass is 9.79. The van der Waals surface area contributed by atoms with Gasteiger partial charge in [-0.1, -0.05) is 6.07 Å². The van der Waals surface area contributed by atoms with Crippen LogP contribution in [0, 0.1) is 0 Å². The van der Waals surface area contributed by atoms with Crippen molar-refractivity contribution >= 4 is 0 Å². The Kier molecular flexibility index (Phi) is 4.39. The summed E-state index contributed by atoms with van der Waals surface area (Å²) >= 11 is 0. The van der Waals surface area contributed by atoms with Gasteiger partial charge in [0, 0.05) is 23.6 Å². The fourth-order valence-electron chi connectivity index (χ4n) is 3.71. The molecule has 0 saturated carbocycles. The fourth-order valence-corrected chi connectivity index (χ4v) is 3.71. The molecule has 1 aliphatic rings. The highest BCUT2D eigenvalue weighted by atomic mass is 16.5. The SMILES string of the molecule is Oc1cc(O)c2c(c1)O[C@H](c1ccc(O)c(O)c1)[C@@H](O)[C@@H]2c1cc(O)c(O)c(O)c1. The van der Waals surface area contributed by atoms with Crippen LogP contribution in [0.3, 0.4) is 0 Å². The molecule has 0 fully saturated rings. The predicted octanol–water partition coefficient (Wildman–Crippen LogP) is 2.25. The summed E-state index contributed by atoms with van der Waals surface area (Å²) in [5.74, 6) is -4.56. The molecule has 8 N–H and O–H groups in total. The molecule has 0 amide bonds. The van der Waals surface area contributed by atoms with Crippen LogP contribution in [0.15, 0.2) is 42.5 Å². The number of phenolic OH excluding ortho intramolecular Hbond substituents is 7. The minimum atomic E-state index is -1.40. The zero-order chi connectivity index (χ0) is 21.7. The Hall–Kier alpha value is -3.98. The molecule has 0 bridgehead atoms. The Labute approximate surface area is 169 Å². The normalized spacial score (nSPS) is 20.4. The maximum absolute atomic E-state index is 11.1. The topological polar surface area (TPSA) is 171 Å². The van der Waals surface area contributed by atoms with Gasteiger partial charge in [0.15, 0.2) is 34.9 Å². The lowest BCUT2D eigenvalue weighted by Gasteiger charge is -2.37. The van der Waals surface area contributed by atoms with E-state index in [0.717, 1.165) is 18.2 Å². The lowest BCUT2D eigenvalue weighted by molar-refractivity contribution is 0.00723. The molecule has 1 heterocycles. The van der Waals surface area contributed by atoms with Crippen molar-refractivity contribution in [3.63, 3.8) is 0 Å². The van der Waals surface area contributed by atoms with Crippen LogP contribution in [-0.4, -0.2) is 47.0 Å². The Morgan fingerprint density at radius 2 is 1.27 bits per heavy atom. The summed E-state index contributed by atoms with van der Waals surface area (Å²) in [4.78, 5) is 0. The maximum Gasteiger partial charge on any atom is 0.200 e. The first-order valence-corrected chi connectivity index (χ1v) is 8.84. The average molecular weight is 414 g/mol. The number of aliphatic hydroxyl groups excluding tert-OH is 1. The number of hydrogen-bond donors (Lipinski definition) is 8. The van der Waals surface area contributed by atoms with Crippen LogP contribution in [-0.2, 0) is 0 Å². The number of hydrogen-bond acceptors (Lipinski definition) is 9. The molecule has 0 radical (unpaired) electrons. The van der Waals surface area contributed by atoms with E-state index in [2.05, 4.69) is 0 Å². The van der Waals surface area contributed by atoms with Crippen LogP contribution in [0.5, 0.6) is 46.0 Å². The van der Waals surface area contributed by atoms with Gasteiger partial charge in [-0.25, -0.2) is 0 Å². The van der Waals surface area contributed by atoms with Gasteiger partial charge < -0.3 is 45.6 Å². The van der Waals surface area contributed by atoms with E-state index in [1.165, 1.54) is 24.3 Å². The standard InChI is InChI=1S/C21H18O9/c22-10-6-13(25)18-16(7-10)30-21(8-1-2-11(23)12(24)3-8)20(29)17(18)9-4-14(26)19(28)15(27)5-9/h1-7,17,20-29H/t17-,20+,21-/m1/s1. The third-order valence-electron chi connectivity index (χ3n) is 5.10. The van der Waals surface area contributed by atoms with Crippen LogP contribution in [0.1, 0.15) is 28.7 Å². The van der Waals surface area contributed by atoms with Crippen molar-refractivity contribution < 1.29 is 45.6 Å². The highest BCUT2D eigenvalue weighted by molar-refractivity contribution is 5.60. The number of rotatable bonds is 2. The first kappa shape index (κ1) is 19.3. The Morgan fingerprint density at radius 1 is 0.633 bits per heavy atom. The van der Waals surface area contributed by atoms with E-state index >= 15 is 0 Å². The molecule has 3 atom stereocenters. The van der Waals surface area contributed by atoms with E-state index in [0.29, 0.717) is 0 Å². The molecule has 0 aromatic heterocycles. The van der Waals surface area contributed by atoms with Gasteiger partial charge in [0.2, 0.25) is 0 Å². The summed E-state index contributed by atoms with van der Waals surface area (Å²) in [7, 11) is 0. The largest absolute Gasteiger partial charge is 0.508 e. The Balaban J connectivity index is 1.92. The van der Waals surface area contributed by atoms with Crippen LogP contribution in [0.2, 0.25) is 0 Å². The number of aromatic hydroxyl groups is 7. The smallest absolute Gasteiger partial charge is 0.200 e. The van der Waals surface area contributed by atoms with Gasteiger partial charge in [-0.15, -0.1) is 0 Å². The van der Waals surface area contributed by atoms with Crippen LogP contribution in [0.4, 0.5) is 0 Å². The van der Waals surface area contributed by atoms with E-state index in [-0.39, 0.29) is 33.9 Å². The molecule has 30 heavy (non-hydrogen) atoms. The van der Waals surface area contributed by atoms with Crippen LogP contribution >= 0.6 is 0 Å². The number of ether oxygens (including phenoxy) is 1. The average Bonchev–Trinajstić information content (AvgIpc) is 2.68. The summed E-state index contributed by atoms with van der Waals surface area (Å²) in [6.07, 6.45) is -2.52. The van der Waals surface area contributed by atoms with Crippen LogP contribution < -0.4 is 4.74 Å². The van der Waals surface area contributed by atoms with Gasteiger partial charge in [-0.3, -0.25) is 0 Å². The van der Waals surface area contributed by atoms with Gasteiger partial charge in [-0.05, 0) is 35.4 Å². The quantitative estimate of drug-likeness (QED) is 0.293. The third kappa shape index (κ3) is 3.01. The van der Waals surface area contributed by atoms with Gasteiger partial charge >= 0.3 is 0 Å². The zero-order valence-electron chi connectivity index (χ0n) is 15.3. The van der Waals surface area contributed by atoms with Crippen molar-refractivity contribution in [3.8, 4) is 46.0 Å². The minimum Gasteiger partial charge on any atom is -0.508 e. The molecule has 0 unspecified atom stereocenters. The van der Waals surface area contributed by atoms with Crippen molar-refractivity contribution in [2.75, 3.05) is 0 Å². The molecule has 9 heteroatoms. The first-order chi connectivity index (χ1) is 14.2. The molecule has 3 aromatic rings. The van der Waals surface area contributed by atoms with Gasteiger partial charge in [0.1, 0.15) is 23.4 Å². The van der Waals surface area contributed by atoms with E-state index in [1.54, 1.807) is 0 Å². The van der Waals surface area contributed by atoms with Gasteiger partial charge in [0.25, 0.3) is 0 Å². The Morgan fingerprint density at radius 3 is 1.90 bits per heavy atom. The van der Waals surface area contributed by atoms with E-state index in [9.17, 15) is 40.9 Å². The third-order valence-corrected chi connectivity index (χ3v) is 5.10. The van der Waals surface area contributed by atoms with Crippen molar-refractivity contribution in [3.05, 3.63) is 59.2 Å². The number of phenols is 7. The minimum absolute atomic E-state index is 0.0208. The predicted molar refractivity (Wildman–Crippen MR) is 102 cm³/mol. The Bertz CT molecular complexity index is 1120. The first-order valence-electron chi connectivity index (χ1n) is 8.84. The summed E-state index contributed by atoms with van der Waals surface area (Å²) < 4.78 is 5.79. The summed E-state index contributed by atoms with van der Waals surface area (Å²) in [5.41, 5.74) is 0.515. The molecule has 4 rings (SSSR count). The molecule has 9 nitrogen and oxygen atoms in total. The fraction of sp³-hybridized carbons (Fsp3) is 0.143. The molecular formula is C21H18O9. The second kappa shape index (κ2) is 6.82. The van der Waals surface area contributed by atoms with Crippen molar-refractivity contribution in [1.29, 1.82) is 0 Å². The van der Waals surface area contributed by atoms with Crippen molar-refractivity contribution in [2.24, 2.45) is 0 Å². The molecule has 0 saturated heterocycles. The van der Waals surface area contributed by atoms with Crippen molar-refractivity contribution in [1.82, 2.24) is 0 Å². The molecule has 1 aliphatic heterocycles. The molecule has 0 spiro atoms. The molecular weight excluding hydrogens is 396 g/mol. The second-order valence-corrected chi connectivity index (χ2v) is 7.04. The molecule has 0 aliphatic carbocycles. The summed E-state index contributed by atoms with van der Waals surface area (Å²) in [6, 6.07) is 8.34. The number of fused-ring (bicyclic) bond motifs is 1. The van der Waals surface area contributed by atoms with Crippen molar-refractivity contribution in [2.45, 2.75) is 18.1 Å². The number of aliphatic hydroxyl groups is 1. The van der Waals surface area contributed by atoms with E-state index in [1.807, 2.05) is 0 Å². The zero-order valence-corrected chi connectivity index (χ0v) is 15.3. The highest BCUT2D eigenvalue weighted by Crippen LogP contribution is 2.52. The van der Waals surface area contributed by atoms with Crippen LogP contribution in [0.25, 0.3) is 0 Å². The van der Waals surface area contributed by atoms with E-state index in [4.69, 9.17) is 4.74 Å². The number of benzene rings is 3. The summed E-state index contributed by atoms with van der Waals surface area (Å²) in [5, 5.41) is 80.3. The van der Waals surface area contributed by atoms with Gasteiger partial charge in [0.05, 0.1) is 0 Å². The molecule has 156 valence electrons. The van der Waals surface area contributed by atoms with Gasteiger partial charge in [-0.2, -0.15) is 0 Å².